The predicted molar refractivity (Wildman–Crippen MR) is 84.7 cm³/mol. The minimum Gasteiger partial charge on any atom is -0.389 e. The molecule has 1 saturated carbocycles. The molecule has 0 radical (unpaired) electrons. The molecule has 104 valence electrons. The van der Waals surface area contributed by atoms with Gasteiger partial charge in [-0.1, -0.05) is 19.1 Å². The summed E-state index contributed by atoms with van der Waals surface area (Å²) in [5, 5.41) is 0. The molecule has 1 aromatic rings. The molecule has 4 heteroatoms. The summed E-state index contributed by atoms with van der Waals surface area (Å²) in [5.74, 6) is 1.79. The zero-order valence-corrected chi connectivity index (χ0v) is 12.8. The Morgan fingerprint density at radius 2 is 1.95 bits per heavy atom. The molecule has 0 spiro atoms. The highest BCUT2D eigenvalue weighted by Gasteiger charge is 2.24. The van der Waals surface area contributed by atoms with Gasteiger partial charge in [0.25, 0.3) is 0 Å². The van der Waals surface area contributed by atoms with Gasteiger partial charge in [-0.2, -0.15) is 0 Å². The Morgan fingerprint density at radius 3 is 2.53 bits per heavy atom. The van der Waals surface area contributed by atoms with Gasteiger partial charge in [0.15, 0.2) is 0 Å². The van der Waals surface area contributed by atoms with Crippen molar-refractivity contribution >= 4 is 23.0 Å². The molecule has 2 N–H and O–H groups in total. The molecule has 0 atom stereocenters. The Bertz CT molecular complexity index is 464. The summed E-state index contributed by atoms with van der Waals surface area (Å²) in [4.78, 5) is 7.35. The molecule has 0 bridgehead atoms. The standard InChI is InChI=1S/C15H23N3S/c1-10-4-7-12(8-5-10)18(3)15-13(14(16)19)9-6-11(2)17-15/h6,9-10,12H,4-5,7-8H2,1-3H3,(H2,16,19). The van der Waals surface area contributed by atoms with Gasteiger partial charge < -0.3 is 10.6 Å². The fourth-order valence-corrected chi connectivity index (χ4v) is 2.97. The van der Waals surface area contributed by atoms with Crippen molar-refractivity contribution in [1.82, 2.24) is 4.98 Å². The lowest BCUT2D eigenvalue weighted by Crippen LogP contribution is -2.36. The van der Waals surface area contributed by atoms with Gasteiger partial charge in [-0.3, -0.25) is 0 Å². The van der Waals surface area contributed by atoms with Crippen molar-refractivity contribution < 1.29 is 0 Å². The second-order valence-electron chi connectivity index (χ2n) is 5.71. The SMILES string of the molecule is Cc1ccc(C(N)=S)c(N(C)C2CCC(C)CC2)n1. The van der Waals surface area contributed by atoms with Crippen LogP contribution in [0.3, 0.4) is 0 Å². The number of pyridine rings is 1. The van der Waals surface area contributed by atoms with Crippen LogP contribution in [0.15, 0.2) is 12.1 Å². The first kappa shape index (κ1) is 14.3. The quantitative estimate of drug-likeness (QED) is 0.862. The number of aromatic nitrogens is 1. The van der Waals surface area contributed by atoms with Crippen LogP contribution in [0.5, 0.6) is 0 Å². The van der Waals surface area contributed by atoms with Crippen LogP contribution in [0.1, 0.15) is 43.9 Å². The van der Waals surface area contributed by atoms with Crippen LogP contribution in [0, 0.1) is 12.8 Å². The van der Waals surface area contributed by atoms with Crippen molar-refractivity contribution in [3.05, 3.63) is 23.4 Å². The summed E-state index contributed by atoms with van der Waals surface area (Å²) in [5.41, 5.74) is 7.71. The number of hydrogen-bond acceptors (Lipinski definition) is 3. The molecule has 0 unspecified atom stereocenters. The van der Waals surface area contributed by atoms with Crippen molar-refractivity contribution in [2.24, 2.45) is 11.7 Å². The topological polar surface area (TPSA) is 42.1 Å². The van der Waals surface area contributed by atoms with Crippen LogP contribution >= 0.6 is 12.2 Å². The van der Waals surface area contributed by atoms with E-state index in [-0.39, 0.29) is 0 Å². The molecule has 0 aromatic carbocycles. The van der Waals surface area contributed by atoms with Gasteiger partial charge in [0.1, 0.15) is 10.8 Å². The largest absolute Gasteiger partial charge is 0.389 e. The van der Waals surface area contributed by atoms with Crippen molar-refractivity contribution in [3.63, 3.8) is 0 Å². The highest BCUT2D eigenvalue weighted by molar-refractivity contribution is 7.80. The number of nitrogens with two attached hydrogens (primary N) is 1. The van der Waals surface area contributed by atoms with E-state index < -0.39 is 0 Å². The lowest BCUT2D eigenvalue weighted by atomic mass is 9.86. The number of anilines is 1. The van der Waals surface area contributed by atoms with Crippen LogP contribution in [0.4, 0.5) is 5.82 Å². The van der Waals surface area contributed by atoms with Crippen LogP contribution < -0.4 is 10.6 Å². The molecular weight excluding hydrogens is 254 g/mol. The Hall–Kier alpha value is -1.16. The van der Waals surface area contributed by atoms with Crippen molar-refractivity contribution in [2.45, 2.75) is 45.6 Å². The molecule has 1 heterocycles. The molecule has 2 rings (SSSR count). The first-order valence-corrected chi connectivity index (χ1v) is 7.40. The van der Waals surface area contributed by atoms with E-state index in [0.29, 0.717) is 11.0 Å². The van der Waals surface area contributed by atoms with E-state index in [1.54, 1.807) is 0 Å². The van der Waals surface area contributed by atoms with Gasteiger partial charge in [-0.05, 0) is 50.7 Å². The fraction of sp³-hybridized carbons (Fsp3) is 0.600. The Kier molecular flexibility index (Phi) is 4.40. The summed E-state index contributed by atoms with van der Waals surface area (Å²) in [6.07, 6.45) is 5.04. The maximum absolute atomic E-state index is 5.82. The molecule has 1 aromatic heterocycles. The van der Waals surface area contributed by atoms with E-state index in [9.17, 15) is 0 Å². The third kappa shape index (κ3) is 3.24. The maximum atomic E-state index is 5.82. The molecule has 0 saturated heterocycles. The minimum atomic E-state index is 0.429. The highest BCUT2D eigenvalue weighted by atomic mass is 32.1. The summed E-state index contributed by atoms with van der Waals surface area (Å²) in [6, 6.07) is 4.51. The second kappa shape index (κ2) is 5.87. The second-order valence-corrected chi connectivity index (χ2v) is 6.15. The summed E-state index contributed by atoms with van der Waals surface area (Å²) < 4.78 is 0. The Morgan fingerprint density at radius 1 is 1.32 bits per heavy atom. The molecule has 1 fully saturated rings. The molecule has 0 amide bonds. The van der Waals surface area contributed by atoms with Gasteiger partial charge in [0.05, 0.1) is 5.56 Å². The Labute approximate surface area is 121 Å². The van der Waals surface area contributed by atoms with E-state index in [2.05, 4.69) is 23.9 Å². The highest BCUT2D eigenvalue weighted by Crippen LogP contribution is 2.30. The third-order valence-corrected chi connectivity index (χ3v) is 4.37. The van der Waals surface area contributed by atoms with E-state index >= 15 is 0 Å². The van der Waals surface area contributed by atoms with Crippen LogP contribution in [0.2, 0.25) is 0 Å². The van der Waals surface area contributed by atoms with Crippen LogP contribution in [-0.2, 0) is 0 Å². The summed E-state index contributed by atoms with van der Waals surface area (Å²) >= 11 is 5.14. The maximum Gasteiger partial charge on any atom is 0.139 e. The van der Waals surface area contributed by atoms with Crippen molar-refractivity contribution in [3.8, 4) is 0 Å². The molecule has 0 aliphatic heterocycles. The number of aryl methyl sites for hydroxylation is 1. The Balaban J connectivity index is 2.25. The molecule has 1 aliphatic carbocycles. The number of hydrogen-bond donors (Lipinski definition) is 1. The monoisotopic (exact) mass is 277 g/mol. The van der Waals surface area contributed by atoms with Gasteiger partial charge in [0.2, 0.25) is 0 Å². The third-order valence-electron chi connectivity index (χ3n) is 4.15. The first-order chi connectivity index (χ1) is 8.99. The van der Waals surface area contributed by atoms with Gasteiger partial charge in [0, 0.05) is 18.8 Å². The number of nitrogens with zero attached hydrogens (tertiary/aromatic N) is 2. The van der Waals surface area contributed by atoms with E-state index in [4.69, 9.17) is 18.0 Å². The van der Waals surface area contributed by atoms with Gasteiger partial charge in [-0.25, -0.2) is 4.98 Å². The lowest BCUT2D eigenvalue weighted by Gasteiger charge is -2.35. The minimum absolute atomic E-state index is 0.429. The zero-order chi connectivity index (χ0) is 14.0. The summed E-state index contributed by atoms with van der Waals surface area (Å²) in [6.45, 7) is 4.34. The molecule has 1 aliphatic rings. The number of rotatable bonds is 3. The normalized spacial score (nSPS) is 23.1. The van der Waals surface area contributed by atoms with Gasteiger partial charge in [-0.15, -0.1) is 0 Å². The van der Waals surface area contributed by atoms with E-state index in [1.165, 1.54) is 25.7 Å². The lowest BCUT2D eigenvalue weighted by molar-refractivity contribution is 0.340. The summed E-state index contributed by atoms with van der Waals surface area (Å²) in [7, 11) is 2.12. The molecule has 3 nitrogen and oxygen atoms in total. The predicted octanol–water partition coefficient (Wildman–Crippen LogP) is 3.04. The van der Waals surface area contributed by atoms with Crippen molar-refractivity contribution in [2.75, 3.05) is 11.9 Å². The average molecular weight is 277 g/mol. The van der Waals surface area contributed by atoms with Crippen LogP contribution in [-0.4, -0.2) is 23.1 Å². The van der Waals surface area contributed by atoms with E-state index in [1.807, 2.05) is 19.1 Å². The van der Waals surface area contributed by atoms with Crippen LogP contribution in [0.25, 0.3) is 0 Å². The van der Waals surface area contributed by atoms with Gasteiger partial charge >= 0.3 is 0 Å². The molecule has 19 heavy (non-hydrogen) atoms. The van der Waals surface area contributed by atoms with E-state index in [0.717, 1.165) is 23.0 Å². The van der Waals surface area contributed by atoms with Crippen molar-refractivity contribution in [1.29, 1.82) is 0 Å². The number of thiocarbonyl (C=S) groups is 1. The smallest absolute Gasteiger partial charge is 0.139 e. The zero-order valence-electron chi connectivity index (χ0n) is 12.0. The first-order valence-electron chi connectivity index (χ1n) is 6.99. The fourth-order valence-electron chi connectivity index (χ4n) is 2.81. The average Bonchev–Trinajstić information content (AvgIpc) is 2.38. The molecular formula is C15H23N3S.